The number of aliphatic imine (C=N–C) groups is 1. The third-order valence-corrected chi connectivity index (χ3v) is 5.29. The molecule has 0 radical (unpaired) electrons. The third-order valence-electron chi connectivity index (χ3n) is 5.29. The Balaban J connectivity index is 0.00000243. The molecule has 0 amide bonds. The molecule has 2 aliphatic rings. The van der Waals surface area contributed by atoms with Crippen molar-refractivity contribution < 1.29 is 4.74 Å². The van der Waals surface area contributed by atoms with E-state index in [2.05, 4.69) is 60.5 Å². The van der Waals surface area contributed by atoms with E-state index in [0.717, 1.165) is 30.7 Å². The Morgan fingerprint density at radius 2 is 2.04 bits per heavy atom. The second-order valence-electron chi connectivity index (χ2n) is 8.00. The molecule has 1 aromatic rings. The van der Waals surface area contributed by atoms with Crippen LogP contribution in [-0.4, -0.2) is 49.2 Å². The van der Waals surface area contributed by atoms with Gasteiger partial charge in [0, 0.05) is 37.7 Å². The van der Waals surface area contributed by atoms with Crippen LogP contribution in [0.2, 0.25) is 0 Å². The molecule has 1 aliphatic heterocycles. The van der Waals surface area contributed by atoms with E-state index in [1.807, 2.05) is 19.2 Å². The number of guanidine groups is 1. The van der Waals surface area contributed by atoms with Gasteiger partial charge in [-0.05, 0) is 46.7 Å². The maximum absolute atomic E-state index is 6.12. The predicted octanol–water partition coefficient (Wildman–Crippen LogP) is 3.55. The highest BCUT2D eigenvalue weighted by Crippen LogP contribution is 2.39. The van der Waals surface area contributed by atoms with Gasteiger partial charge in [0.15, 0.2) is 5.96 Å². The summed E-state index contributed by atoms with van der Waals surface area (Å²) in [4.78, 5) is 6.90. The van der Waals surface area contributed by atoms with Crippen molar-refractivity contribution in [3.05, 3.63) is 29.8 Å². The minimum Gasteiger partial charge on any atom is -0.487 e. The lowest BCUT2D eigenvalue weighted by Crippen LogP contribution is -2.48. The highest BCUT2D eigenvalue weighted by molar-refractivity contribution is 14.0. The van der Waals surface area contributed by atoms with Gasteiger partial charge in [-0.3, -0.25) is 9.89 Å². The van der Waals surface area contributed by atoms with E-state index in [-0.39, 0.29) is 35.6 Å². The summed E-state index contributed by atoms with van der Waals surface area (Å²) in [6.07, 6.45) is 3.58. The molecule has 5 nitrogen and oxygen atoms in total. The number of hydrogen-bond donors (Lipinski definition) is 2. The Labute approximate surface area is 175 Å². The molecule has 0 spiro atoms. The first kappa shape index (κ1) is 21.3. The summed E-state index contributed by atoms with van der Waals surface area (Å²) in [5.41, 5.74) is 1.01. The molecule has 1 saturated carbocycles. The van der Waals surface area contributed by atoms with Crippen LogP contribution in [-0.2, 0) is 0 Å². The average molecular weight is 472 g/mol. The van der Waals surface area contributed by atoms with Crippen LogP contribution in [0.15, 0.2) is 29.3 Å². The Kier molecular flexibility index (Phi) is 7.19. The zero-order valence-corrected chi connectivity index (χ0v) is 18.9. The van der Waals surface area contributed by atoms with Gasteiger partial charge >= 0.3 is 0 Å². The van der Waals surface area contributed by atoms with E-state index < -0.39 is 0 Å². The van der Waals surface area contributed by atoms with E-state index in [1.165, 1.54) is 18.4 Å². The molecule has 1 fully saturated rings. The topological polar surface area (TPSA) is 48.9 Å². The lowest BCUT2D eigenvalue weighted by Gasteiger charge is -2.38. The van der Waals surface area contributed by atoms with Gasteiger partial charge in [-0.25, -0.2) is 0 Å². The maximum atomic E-state index is 6.12. The second kappa shape index (κ2) is 8.78. The van der Waals surface area contributed by atoms with Crippen molar-refractivity contribution in [3.8, 4) is 5.75 Å². The normalized spacial score (nSPS) is 22.7. The van der Waals surface area contributed by atoms with Gasteiger partial charge in [0.2, 0.25) is 0 Å². The minimum atomic E-state index is -0.190. The first-order valence-electron chi connectivity index (χ1n) is 9.36. The molecule has 26 heavy (non-hydrogen) atoms. The van der Waals surface area contributed by atoms with Crippen LogP contribution < -0.4 is 15.4 Å². The molecule has 0 aromatic heterocycles. The molecule has 1 heterocycles. The molecule has 0 saturated heterocycles. The number of fused-ring (bicyclic) bond motifs is 1. The molecule has 146 valence electrons. The number of benzene rings is 1. The Morgan fingerprint density at radius 3 is 2.69 bits per heavy atom. The van der Waals surface area contributed by atoms with Crippen LogP contribution in [0.5, 0.6) is 5.75 Å². The molecule has 3 rings (SSSR count). The first-order chi connectivity index (χ1) is 11.9. The molecule has 1 aromatic carbocycles. The highest BCUT2D eigenvalue weighted by Gasteiger charge is 2.34. The summed E-state index contributed by atoms with van der Waals surface area (Å²) in [7, 11) is 4.05. The van der Waals surface area contributed by atoms with E-state index >= 15 is 0 Å². The van der Waals surface area contributed by atoms with Gasteiger partial charge in [0.25, 0.3) is 0 Å². The molecular weight excluding hydrogens is 439 g/mol. The van der Waals surface area contributed by atoms with Crippen LogP contribution in [0.25, 0.3) is 0 Å². The molecule has 0 bridgehead atoms. The summed E-state index contributed by atoms with van der Waals surface area (Å²) in [6.45, 7) is 7.44. The first-order valence-corrected chi connectivity index (χ1v) is 9.36. The molecule has 2 N–H and O–H groups in total. The number of nitrogens with zero attached hydrogens (tertiary/aromatic N) is 2. The van der Waals surface area contributed by atoms with Crippen LogP contribution in [0, 0.1) is 0 Å². The molecular formula is C20H33IN4O. The molecule has 2 unspecified atom stereocenters. The van der Waals surface area contributed by atoms with E-state index in [9.17, 15) is 0 Å². The quantitative estimate of drug-likeness (QED) is 0.391. The van der Waals surface area contributed by atoms with E-state index in [4.69, 9.17) is 4.74 Å². The van der Waals surface area contributed by atoms with Gasteiger partial charge in [-0.1, -0.05) is 18.2 Å². The van der Waals surface area contributed by atoms with E-state index in [0.29, 0.717) is 6.04 Å². The zero-order valence-electron chi connectivity index (χ0n) is 16.6. The lowest BCUT2D eigenvalue weighted by molar-refractivity contribution is 0.0694. The van der Waals surface area contributed by atoms with Crippen molar-refractivity contribution in [1.82, 2.24) is 15.5 Å². The fourth-order valence-electron chi connectivity index (χ4n) is 3.52. The second-order valence-corrected chi connectivity index (χ2v) is 8.00. The molecule has 6 heteroatoms. The van der Waals surface area contributed by atoms with Gasteiger partial charge in [-0.15, -0.1) is 24.0 Å². The third kappa shape index (κ3) is 5.25. The fraction of sp³-hybridized carbons (Fsp3) is 0.650. The van der Waals surface area contributed by atoms with Crippen molar-refractivity contribution in [1.29, 1.82) is 0 Å². The lowest BCUT2D eigenvalue weighted by atomic mass is 9.90. The summed E-state index contributed by atoms with van der Waals surface area (Å²) in [5, 5.41) is 7.09. The van der Waals surface area contributed by atoms with Gasteiger partial charge in [0.1, 0.15) is 11.4 Å². The van der Waals surface area contributed by atoms with Crippen LogP contribution in [0.1, 0.15) is 51.6 Å². The summed E-state index contributed by atoms with van der Waals surface area (Å²) >= 11 is 0. The van der Waals surface area contributed by atoms with Crippen LogP contribution in [0.3, 0.4) is 0 Å². The molecule has 2 atom stereocenters. The number of rotatable bonds is 5. The number of likely N-dealkylation sites (N-methyl/N-ethyl adjacent to an activating group) is 1. The standard InChI is InChI=1S/C20H32N4O.HI/c1-14(24(5)15-10-11-15)13-22-19(21-4)23-17-12-20(2,3)25-18-9-7-6-8-16(17)18;/h6-9,14-15,17H,10-13H2,1-5H3,(H2,21,22,23);1H. The van der Waals surface area contributed by atoms with Gasteiger partial charge < -0.3 is 15.4 Å². The summed E-state index contributed by atoms with van der Waals surface area (Å²) in [6, 6.07) is 9.74. The van der Waals surface area contributed by atoms with Crippen molar-refractivity contribution in [2.45, 2.75) is 63.8 Å². The SMILES string of the molecule is CN=C(NCC(C)N(C)C1CC1)NC1CC(C)(C)Oc2ccccc21.I. The van der Waals surface area contributed by atoms with Gasteiger partial charge in [0.05, 0.1) is 6.04 Å². The van der Waals surface area contributed by atoms with Crippen molar-refractivity contribution >= 4 is 29.9 Å². The summed E-state index contributed by atoms with van der Waals surface area (Å²) in [5.74, 6) is 1.82. The zero-order chi connectivity index (χ0) is 18.0. The number of hydrogen-bond acceptors (Lipinski definition) is 3. The Hall–Kier alpha value is -1.02. The largest absolute Gasteiger partial charge is 0.487 e. The average Bonchev–Trinajstić information content (AvgIpc) is 3.41. The van der Waals surface area contributed by atoms with Crippen molar-refractivity contribution in [3.63, 3.8) is 0 Å². The van der Waals surface area contributed by atoms with Crippen LogP contribution >= 0.6 is 24.0 Å². The number of para-hydroxylation sites is 1. The molecule has 1 aliphatic carbocycles. The predicted molar refractivity (Wildman–Crippen MR) is 119 cm³/mol. The van der Waals surface area contributed by atoms with Gasteiger partial charge in [-0.2, -0.15) is 0 Å². The van der Waals surface area contributed by atoms with Crippen LogP contribution in [0.4, 0.5) is 0 Å². The monoisotopic (exact) mass is 472 g/mol. The summed E-state index contributed by atoms with van der Waals surface area (Å²) < 4.78 is 6.12. The maximum Gasteiger partial charge on any atom is 0.191 e. The Bertz CT molecular complexity index is 630. The minimum absolute atomic E-state index is 0. The van der Waals surface area contributed by atoms with Crippen molar-refractivity contribution in [2.75, 3.05) is 20.6 Å². The number of halogens is 1. The Morgan fingerprint density at radius 1 is 1.35 bits per heavy atom. The highest BCUT2D eigenvalue weighted by atomic mass is 127. The number of ether oxygens (including phenoxy) is 1. The fourth-order valence-corrected chi connectivity index (χ4v) is 3.52. The van der Waals surface area contributed by atoms with E-state index in [1.54, 1.807) is 0 Å². The van der Waals surface area contributed by atoms with Crippen molar-refractivity contribution in [2.24, 2.45) is 4.99 Å². The smallest absolute Gasteiger partial charge is 0.191 e. The number of nitrogens with one attached hydrogen (secondary N) is 2.